The third kappa shape index (κ3) is 2.03. The van der Waals surface area contributed by atoms with Crippen LogP contribution in [0.1, 0.15) is 19.8 Å². The van der Waals surface area contributed by atoms with Gasteiger partial charge in [-0.05, 0) is 44.0 Å². The molecule has 1 aromatic rings. The van der Waals surface area contributed by atoms with Gasteiger partial charge in [0.15, 0.2) is 0 Å². The highest BCUT2D eigenvalue weighted by atomic mass is 16.2. The van der Waals surface area contributed by atoms with Crippen LogP contribution in [0.2, 0.25) is 0 Å². The van der Waals surface area contributed by atoms with Crippen molar-refractivity contribution >= 4 is 11.6 Å². The van der Waals surface area contributed by atoms with Crippen molar-refractivity contribution in [3.63, 3.8) is 0 Å². The maximum Gasteiger partial charge on any atom is 0.224 e. The fourth-order valence-electron chi connectivity index (χ4n) is 3.42. The van der Waals surface area contributed by atoms with Crippen LogP contribution in [-0.4, -0.2) is 36.5 Å². The molecule has 2 bridgehead atoms. The summed E-state index contributed by atoms with van der Waals surface area (Å²) in [5, 5.41) is 0. The highest BCUT2D eigenvalue weighted by Crippen LogP contribution is 2.33. The lowest BCUT2D eigenvalue weighted by molar-refractivity contribution is -0.117. The van der Waals surface area contributed by atoms with Crippen molar-refractivity contribution < 1.29 is 4.79 Å². The van der Waals surface area contributed by atoms with Gasteiger partial charge in [0.05, 0.1) is 6.04 Å². The summed E-state index contributed by atoms with van der Waals surface area (Å²) in [6.45, 7) is 5.15. The monoisotopic (exact) mass is 244 g/mol. The summed E-state index contributed by atoms with van der Waals surface area (Å²) in [7, 11) is 0. The third-order valence-electron chi connectivity index (χ3n) is 4.33. The summed E-state index contributed by atoms with van der Waals surface area (Å²) < 4.78 is 0. The lowest BCUT2D eigenvalue weighted by atomic mass is 9.83. The number of rotatable bonds is 2. The Kier molecular flexibility index (Phi) is 3.08. The number of piperidine rings is 3. The van der Waals surface area contributed by atoms with Crippen molar-refractivity contribution in [3.8, 4) is 0 Å². The van der Waals surface area contributed by atoms with E-state index in [1.165, 1.54) is 25.9 Å². The Bertz CT molecular complexity index is 423. The smallest absolute Gasteiger partial charge is 0.224 e. The minimum absolute atomic E-state index is 0.167. The molecule has 3 nitrogen and oxygen atoms in total. The lowest BCUT2D eigenvalue weighted by Crippen LogP contribution is -2.58. The molecule has 0 saturated carbocycles. The van der Waals surface area contributed by atoms with Crippen molar-refractivity contribution in [2.24, 2.45) is 5.92 Å². The molecule has 1 unspecified atom stereocenters. The summed E-state index contributed by atoms with van der Waals surface area (Å²) in [5.74, 6) is 0.846. The van der Waals surface area contributed by atoms with Crippen LogP contribution in [0.4, 0.5) is 5.69 Å². The van der Waals surface area contributed by atoms with Crippen molar-refractivity contribution in [2.45, 2.75) is 25.8 Å². The fourth-order valence-corrected chi connectivity index (χ4v) is 3.42. The molecule has 0 radical (unpaired) electrons. The molecule has 96 valence electrons. The Morgan fingerprint density at radius 1 is 1.22 bits per heavy atom. The molecule has 3 aliphatic heterocycles. The lowest BCUT2D eigenvalue weighted by Gasteiger charge is -2.48. The molecule has 18 heavy (non-hydrogen) atoms. The van der Waals surface area contributed by atoms with Crippen LogP contribution in [-0.2, 0) is 4.79 Å². The van der Waals surface area contributed by atoms with E-state index in [0.717, 1.165) is 12.2 Å². The van der Waals surface area contributed by atoms with Gasteiger partial charge in [-0.3, -0.25) is 4.79 Å². The van der Waals surface area contributed by atoms with Gasteiger partial charge in [0.1, 0.15) is 0 Å². The van der Waals surface area contributed by atoms with Gasteiger partial charge < -0.3 is 9.80 Å². The standard InChI is InChI=1S/C15H20N2O/c1-12(18)17(14-5-3-2-4-6-14)15-11-16-9-7-13(15)8-10-16/h2-6,13,15H,7-11H2,1H3. The first kappa shape index (κ1) is 11.7. The zero-order chi connectivity index (χ0) is 12.5. The van der Waals surface area contributed by atoms with E-state index >= 15 is 0 Å². The number of para-hydroxylation sites is 1. The zero-order valence-electron chi connectivity index (χ0n) is 10.9. The minimum atomic E-state index is 0.167. The topological polar surface area (TPSA) is 23.6 Å². The van der Waals surface area contributed by atoms with Gasteiger partial charge in [0.25, 0.3) is 0 Å². The van der Waals surface area contributed by atoms with E-state index in [9.17, 15) is 4.79 Å². The fraction of sp³-hybridized carbons (Fsp3) is 0.533. The summed E-state index contributed by atoms with van der Waals surface area (Å²) in [4.78, 5) is 16.5. The minimum Gasteiger partial charge on any atom is -0.308 e. The molecular formula is C15H20N2O. The van der Waals surface area contributed by atoms with Crippen molar-refractivity contribution in [3.05, 3.63) is 30.3 Å². The molecular weight excluding hydrogens is 224 g/mol. The number of anilines is 1. The average Bonchev–Trinajstić information content (AvgIpc) is 2.41. The maximum absolute atomic E-state index is 12.0. The number of benzene rings is 1. The molecule has 3 fully saturated rings. The van der Waals surface area contributed by atoms with E-state index in [1.54, 1.807) is 6.92 Å². The molecule has 0 N–H and O–H groups in total. The summed E-state index contributed by atoms with van der Waals surface area (Å²) >= 11 is 0. The second kappa shape index (κ2) is 4.73. The van der Waals surface area contributed by atoms with Gasteiger partial charge >= 0.3 is 0 Å². The van der Waals surface area contributed by atoms with Crippen LogP contribution in [0, 0.1) is 5.92 Å². The van der Waals surface area contributed by atoms with Crippen LogP contribution in [0.3, 0.4) is 0 Å². The van der Waals surface area contributed by atoms with Gasteiger partial charge in [-0.15, -0.1) is 0 Å². The van der Waals surface area contributed by atoms with E-state index < -0.39 is 0 Å². The Morgan fingerprint density at radius 3 is 2.39 bits per heavy atom. The quantitative estimate of drug-likeness (QED) is 0.795. The van der Waals surface area contributed by atoms with Crippen molar-refractivity contribution in [1.82, 2.24) is 4.90 Å². The molecule has 1 aromatic carbocycles. The predicted molar refractivity (Wildman–Crippen MR) is 72.6 cm³/mol. The number of carbonyl (C=O) groups excluding carboxylic acids is 1. The third-order valence-corrected chi connectivity index (χ3v) is 4.33. The Balaban J connectivity index is 1.89. The maximum atomic E-state index is 12.0. The molecule has 1 atom stereocenters. The predicted octanol–water partition coefficient (Wildman–Crippen LogP) is 2.13. The molecule has 3 heteroatoms. The van der Waals surface area contributed by atoms with Crippen LogP contribution < -0.4 is 4.90 Å². The molecule has 0 aliphatic carbocycles. The molecule has 0 aromatic heterocycles. The molecule has 1 amide bonds. The van der Waals surface area contributed by atoms with Gasteiger partial charge in [-0.2, -0.15) is 0 Å². The normalized spacial score (nSPS) is 30.2. The Morgan fingerprint density at radius 2 is 1.89 bits per heavy atom. The van der Waals surface area contributed by atoms with Gasteiger partial charge in [0, 0.05) is 19.2 Å². The first-order valence-corrected chi connectivity index (χ1v) is 6.83. The van der Waals surface area contributed by atoms with E-state index in [4.69, 9.17) is 0 Å². The van der Waals surface area contributed by atoms with E-state index in [0.29, 0.717) is 12.0 Å². The largest absolute Gasteiger partial charge is 0.308 e. The SMILES string of the molecule is CC(=O)N(c1ccccc1)C1CN2CCC1CC2. The molecule has 3 aliphatic rings. The molecule has 3 heterocycles. The van der Waals surface area contributed by atoms with E-state index in [1.807, 2.05) is 35.2 Å². The zero-order valence-corrected chi connectivity index (χ0v) is 10.9. The molecule has 0 spiro atoms. The molecule has 3 saturated heterocycles. The van der Waals surface area contributed by atoms with Gasteiger partial charge in [-0.1, -0.05) is 18.2 Å². The number of hydrogen-bond donors (Lipinski definition) is 0. The van der Waals surface area contributed by atoms with Crippen LogP contribution in [0.5, 0.6) is 0 Å². The average molecular weight is 244 g/mol. The second-order valence-corrected chi connectivity index (χ2v) is 5.43. The first-order chi connectivity index (χ1) is 8.75. The number of amides is 1. The van der Waals surface area contributed by atoms with E-state index in [-0.39, 0.29) is 5.91 Å². The second-order valence-electron chi connectivity index (χ2n) is 5.43. The number of hydrogen-bond acceptors (Lipinski definition) is 2. The van der Waals surface area contributed by atoms with Crippen LogP contribution in [0.15, 0.2) is 30.3 Å². The number of nitrogens with zero attached hydrogens (tertiary/aromatic N) is 2. The van der Waals surface area contributed by atoms with Gasteiger partial charge in [0.2, 0.25) is 5.91 Å². The highest BCUT2D eigenvalue weighted by molar-refractivity contribution is 5.92. The van der Waals surface area contributed by atoms with Crippen LogP contribution >= 0.6 is 0 Å². The highest BCUT2D eigenvalue weighted by Gasteiger charge is 2.38. The summed E-state index contributed by atoms with van der Waals surface area (Å²) in [6.07, 6.45) is 2.47. The number of carbonyl (C=O) groups is 1. The molecule has 4 rings (SSSR count). The van der Waals surface area contributed by atoms with Crippen molar-refractivity contribution in [2.75, 3.05) is 24.5 Å². The Hall–Kier alpha value is -1.35. The van der Waals surface area contributed by atoms with Gasteiger partial charge in [-0.25, -0.2) is 0 Å². The first-order valence-electron chi connectivity index (χ1n) is 6.83. The summed E-state index contributed by atoms with van der Waals surface area (Å²) in [6, 6.07) is 10.5. The summed E-state index contributed by atoms with van der Waals surface area (Å²) in [5.41, 5.74) is 1.05. The Labute approximate surface area is 108 Å². The van der Waals surface area contributed by atoms with Crippen molar-refractivity contribution in [1.29, 1.82) is 0 Å². The van der Waals surface area contributed by atoms with Crippen LogP contribution in [0.25, 0.3) is 0 Å². The number of fused-ring (bicyclic) bond motifs is 3. The van der Waals surface area contributed by atoms with E-state index in [2.05, 4.69) is 4.90 Å².